The number of likely N-dealkylation sites (tertiary alicyclic amines) is 1. The monoisotopic (exact) mass is 622 g/mol. The van der Waals surface area contributed by atoms with Gasteiger partial charge in [0.25, 0.3) is 5.91 Å². The Hall–Kier alpha value is -3.30. The molecule has 3 aliphatic rings. The van der Waals surface area contributed by atoms with E-state index in [2.05, 4.69) is 25.7 Å². The molecule has 2 atom stereocenters. The molecule has 214 valence electrons. The third kappa shape index (κ3) is 5.88. The first-order valence-corrected chi connectivity index (χ1v) is 15.1. The van der Waals surface area contributed by atoms with Crippen LogP contribution in [0.4, 0.5) is 20.2 Å². The second-order valence-corrected chi connectivity index (χ2v) is 12.0. The first-order chi connectivity index (χ1) is 19.9. The first-order valence-electron chi connectivity index (χ1n) is 14.3. The average Bonchev–Trinajstić information content (AvgIpc) is 3.30. The predicted octanol–water partition coefficient (Wildman–Crippen LogP) is 5.80. The van der Waals surface area contributed by atoms with Gasteiger partial charge in [0.2, 0.25) is 5.91 Å². The van der Waals surface area contributed by atoms with Gasteiger partial charge in [0.15, 0.2) is 0 Å². The van der Waals surface area contributed by atoms with Gasteiger partial charge in [-0.15, -0.1) is 0 Å². The highest BCUT2D eigenvalue weighted by Crippen LogP contribution is 2.48. The number of piperazine rings is 1. The van der Waals surface area contributed by atoms with Gasteiger partial charge >= 0.3 is 0 Å². The van der Waals surface area contributed by atoms with E-state index >= 15 is 0 Å². The van der Waals surface area contributed by atoms with Crippen molar-refractivity contribution in [2.75, 3.05) is 50.7 Å². The SMILES string of the molecule is O=C(CCCN1CC[C@@H]2[C@@H](C1)c1cc(F)ccc1N2c1ccc(F)cc1)N1CCN(C(=O)c2cccc(Br)c2)CC1. The van der Waals surface area contributed by atoms with E-state index in [1.807, 2.05) is 40.1 Å². The molecule has 0 spiro atoms. The molecule has 3 aromatic rings. The van der Waals surface area contributed by atoms with Gasteiger partial charge < -0.3 is 19.6 Å². The predicted molar refractivity (Wildman–Crippen MR) is 158 cm³/mol. The van der Waals surface area contributed by atoms with E-state index in [0.29, 0.717) is 38.2 Å². The van der Waals surface area contributed by atoms with Crippen LogP contribution in [0.2, 0.25) is 0 Å². The minimum atomic E-state index is -0.274. The zero-order valence-electron chi connectivity index (χ0n) is 22.8. The summed E-state index contributed by atoms with van der Waals surface area (Å²) in [6, 6.07) is 19.1. The number of benzene rings is 3. The molecule has 0 bridgehead atoms. The lowest BCUT2D eigenvalue weighted by Crippen LogP contribution is -2.50. The maximum Gasteiger partial charge on any atom is 0.254 e. The van der Waals surface area contributed by atoms with Gasteiger partial charge in [0.05, 0.1) is 0 Å². The Bertz CT molecular complexity index is 1430. The average molecular weight is 624 g/mol. The summed E-state index contributed by atoms with van der Waals surface area (Å²) in [6.07, 6.45) is 2.13. The van der Waals surface area contributed by atoms with Gasteiger partial charge in [-0.1, -0.05) is 22.0 Å². The maximum absolute atomic E-state index is 14.3. The number of nitrogens with zero attached hydrogens (tertiary/aromatic N) is 4. The summed E-state index contributed by atoms with van der Waals surface area (Å²) < 4.78 is 28.8. The summed E-state index contributed by atoms with van der Waals surface area (Å²) in [5, 5.41) is 0. The highest BCUT2D eigenvalue weighted by molar-refractivity contribution is 9.10. The number of rotatable bonds is 6. The largest absolute Gasteiger partial charge is 0.339 e. The maximum atomic E-state index is 14.3. The first kappa shape index (κ1) is 27.8. The molecular weight excluding hydrogens is 590 g/mol. The van der Waals surface area contributed by atoms with Crippen LogP contribution in [0.1, 0.15) is 41.1 Å². The standard InChI is InChI=1S/C32H33BrF2N4O2/c33-23-4-1-3-22(19-23)32(41)38-17-15-37(16-18-38)31(40)5-2-13-36-14-12-30-28(21-36)27-20-25(35)8-11-29(27)39(30)26-9-6-24(34)7-10-26/h1,3-4,6-11,19-20,28,30H,2,5,12-18,21H2/t28-,30+/m0/s1. The zero-order chi connectivity index (χ0) is 28.5. The molecule has 3 heterocycles. The van der Waals surface area contributed by atoms with Gasteiger partial charge in [-0.25, -0.2) is 8.78 Å². The Morgan fingerprint density at radius 2 is 1.59 bits per heavy atom. The number of halogens is 3. The molecule has 6 nitrogen and oxygen atoms in total. The van der Waals surface area contributed by atoms with Crippen LogP contribution < -0.4 is 4.90 Å². The van der Waals surface area contributed by atoms with Crippen LogP contribution in [-0.2, 0) is 4.79 Å². The van der Waals surface area contributed by atoms with E-state index < -0.39 is 0 Å². The second-order valence-electron chi connectivity index (χ2n) is 11.1. The molecule has 2 fully saturated rings. The molecule has 9 heteroatoms. The molecule has 2 saturated heterocycles. The van der Waals surface area contributed by atoms with Crippen LogP contribution >= 0.6 is 15.9 Å². The zero-order valence-corrected chi connectivity index (χ0v) is 24.4. The van der Waals surface area contributed by atoms with Crippen molar-refractivity contribution in [1.82, 2.24) is 14.7 Å². The molecule has 0 radical (unpaired) electrons. The fourth-order valence-corrected chi connectivity index (χ4v) is 6.95. The minimum absolute atomic E-state index is 0.00633. The quantitative estimate of drug-likeness (QED) is 0.349. The third-order valence-corrected chi connectivity index (χ3v) is 9.09. The van der Waals surface area contributed by atoms with E-state index in [9.17, 15) is 18.4 Å². The molecule has 41 heavy (non-hydrogen) atoms. The van der Waals surface area contributed by atoms with E-state index in [4.69, 9.17) is 0 Å². The van der Waals surface area contributed by atoms with Crippen molar-refractivity contribution >= 4 is 39.1 Å². The number of carbonyl (C=O) groups is 2. The molecule has 0 N–H and O–H groups in total. The minimum Gasteiger partial charge on any atom is -0.339 e. The van der Waals surface area contributed by atoms with Gasteiger partial charge in [-0.2, -0.15) is 0 Å². The fraction of sp³-hybridized carbons (Fsp3) is 0.375. The highest BCUT2D eigenvalue weighted by atomic mass is 79.9. The lowest BCUT2D eigenvalue weighted by molar-refractivity contribution is -0.132. The van der Waals surface area contributed by atoms with Crippen molar-refractivity contribution < 1.29 is 18.4 Å². The van der Waals surface area contributed by atoms with Crippen LogP contribution in [0.25, 0.3) is 0 Å². The number of fused-ring (bicyclic) bond motifs is 3. The molecule has 0 unspecified atom stereocenters. The van der Waals surface area contributed by atoms with Crippen molar-refractivity contribution in [2.24, 2.45) is 0 Å². The van der Waals surface area contributed by atoms with E-state index in [1.165, 1.54) is 18.2 Å². The fourth-order valence-electron chi connectivity index (χ4n) is 6.55. The van der Waals surface area contributed by atoms with Crippen molar-refractivity contribution in [3.05, 3.63) is 94.0 Å². The number of piperidine rings is 1. The molecule has 3 aliphatic heterocycles. The normalized spacial score (nSPS) is 20.6. The van der Waals surface area contributed by atoms with Crippen molar-refractivity contribution in [3.63, 3.8) is 0 Å². The molecule has 0 saturated carbocycles. The number of amides is 2. The van der Waals surface area contributed by atoms with Crippen LogP contribution in [0, 0.1) is 11.6 Å². The smallest absolute Gasteiger partial charge is 0.254 e. The molecular formula is C32H33BrF2N4O2. The summed E-state index contributed by atoms with van der Waals surface area (Å²) in [5.74, 6) is -0.252. The van der Waals surface area contributed by atoms with Gasteiger partial charge in [0.1, 0.15) is 11.6 Å². The van der Waals surface area contributed by atoms with Crippen LogP contribution in [0.5, 0.6) is 0 Å². The third-order valence-electron chi connectivity index (χ3n) is 8.60. The van der Waals surface area contributed by atoms with E-state index in [0.717, 1.165) is 53.9 Å². The molecule has 2 amide bonds. The molecule has 6 rings (SSSR count). The Morgan fingerprint density at radius 3 is 2.34 bits per heavy atom. The lowest BCUT2D eigenvalue weighted by Gasteiger charge is -2.39. The summed E-state index contributed by atoms with van der Waals surface area (Å²) >= 11 is 3.42. The van der Waals surface area contributed by atoms with E-state index in [1.54, 1.807) is 18.2 Å². The topological polar surface area (TPSA) is 47.1 Å². The van der Waals surface area contributed by atoms with Crippen LogP contribution in [-0.4, -0.2) is 78.4 Å². The molecule has 0 aromatic heterocycles. The number of hydrogen-bond donors (Lipinski definition) is 0. The van der Waals surface area contributed by atoms with Gasteiger partial charge in [0, 0.05) is 79.1 Å². The van der Waals surface area contributed by atoms with Crippen LogP contribution in [0.3, 0.4) is 0 Å². The van der Waals surface area contributed by atoms with Crippen LogP contribution in [0.15, 0.2) is 71.2 Å². The Balaban J connectivity index is 1.01. The number of hydrogen-bond acceptors (Lipinski definition) is 4. The molecule has 3 aromatic carbocycles. The second kappa shape index (κ2) is 11.9. The Kier molecular flexibility index (Phi) is 8.08. The highest BCUT2D eigenvalue weighted by Gasteiger charge is 2.42. The Morgan fingerprint density at radius 1 is 0.854 bits per heavy atom. The van der Waals surface area contributed by atoms with E-state index in [-0.39, 0.29) is 35.4 Å². The summed E-state index contributed by atoms with van der Waals surface area (Å²) in [4.78, 5) is 34.1. The Labute approximate surface area is 247 Å². The lowest BCUT2D eigenvalue weighted by atomic mass is 9.89. The summed E-state index contributed by atoms with van der Waals surface area (Å²) in [5.41, 5.74) is 3.55. The number of carbonyl (C=O) groups excluding carboxylic acids is 2. The summed E-state index contributed by atoms with van der Waals surface area (Å²) in [7, 11) is 0. The van der Waals surface area contributed by atoms with Gasteiger partial charge in [-0.05, 0) is 85.6 Å². The van der Waals surface area contributed by atoms with Gasteiger partial charge in [-0.3, -0.25) is 9.59 Å². The van der Waals surface area contributed by atoms with Crippen molar-refractivity contribution in [2.45, 2.75) is 31.2 Å². The summed E-state index contributed by atoms with van der Waals surface area (Å²) in [6.45, 7) is 4.65. The number of anilines is 2. The van der Waals surface area contributed by atoms with Crippen molar-refractivity contribution in [1.29, 1.82) is 0 Å². The molecule has 0 aliphatic carbocycles. The van der Waals surface area contributed by atoms with Crippen molar-refractivity contribution in [3.8, 4) is 0 Å².